The monoisotopic (exact) mass is 216 g/mol. The van der Waals surface area contributed by atoms with Crippen LogP contribution in [0.4, 0.5) is 0 Å². The van der Waals surface area contributed by atoms with Crippen molar-refractivity contribution in [2.75, 3.05) is 13.2 Å². The van der Waals surface area contributed by atoms with Gasteiger partial charge in [0.1, 0.15) is 0 Å². The third kappa shape index (κ3) is 3.18. The molecular formula is C11H20O4. The van der Waals surface area contributed by atoms with Gasteiger partial charge in [-0.05, 0) is 26.7 Å². The van der Waals surface area contributed by atoms with Gasteiger partial charge in [0, 0.05) is 5.92 Å². The molecule has 1 atom stereocenters. The van der Waals surface area contributed by atoms with Crippen LogP contribution in [-0.2, 0) is 14.3 Å². The predicted molar refractivity (Wildman–Crippen MR) is 55.5 cm³/mol. The van der Waals surface area contributed by atoms with E-state index in [0.717, 1.165) is 6.42 Å². The lowest BCUT2D eigenvalue weighted by atomic mass is 9.81. The van der Waals surface area contributed by atoms with Crippen LogP contribution in [0.3, 0.4) is 0 Å². The Bertz CT molecular complexity index is 219. The molecular weight excluding hydrogens is 196 g/mol. The number of carboxylic acids is 1. The lowest BCUT2D eigenvalue weighted by Gasteiger charge is -2.28. The first-order valence-electron chi connectivity index (χ1n) is 5.44. The molecule has 0 aliphatic carbocycles. The molecule has 0 saturated carbocycles. The number of hydrogen-bond acceptors (Lipinski definition) is 3. The van der Waals surface area contributed by atoms with Crippen LogP contribution in [0, 0.1) is 11.3 Å². The first kappa shape index (κ1) is 12.5. The van der Waals surface area contributed by atoms with E-state index in [4.69, 9.17) is 14.6 Å². The zero-order valence-corrected chi connectivity index (χ0v) is 9.66. The van der Waals surface area contributed by atoms with Crippen molar-refractivity contribution in [1.29, 1.82) is 0 Å². The first-order valence-corrected chi connectivity index (χ1v) is 5.44. The van der Waals surface area contributed by atoms with Crippen molar-refractivity contribution < 1.29 is 19.4 Å². The normalized spacial score (nSPS) is 20.5. The highest BCUT2D eigenvalue weighted by atomic mass is 16.7. The molecule has 0 aromatic rings. The Balaban J connectivity index is 2.56. The molecule has 0 bridgehead atoms. The number of carbonyl (C=O) groups is 1. The van der Waals surface area contributed by atoms with Crippen LogP contribution >= 0.6 is 0 Å². The van der Waals surface area contributed by atoms with Crippen molar-refractivity contribution in [2.45, 2.75) is 39.9 Å². The zero-order chi connectivity index (χ0) is 11.5. The van der Waals surface area contributed by atoms with Crippen molar-refractivity contribution in [3.05, 3.63) is 0 Å². The third-order valence-corrected chi connectivity index (χ3v) is 2.91. The Morgan fingerprint density at radius 1 is 1.47 bits per heavy atom. The molecule has 0 aromatic carbocycles. The summed E-state index contributed by atoms with van der Waals surface area (Å²) in [7, 11) is 0. The molecule has 1 rings (SSSR count). The molecule has 1 saturated heterocycles. The molecule has 88 valence electrons. The maximum absolute atomic E-state index is 11.0. The lowest BCUT2D eigenvalue weighted by Crippen LogP contribution is -2.32. The summed E-state index contributed by atoms with van der Waals surface area (Å²) in [5, 5.41) is 9.05. The molecule has 4 heteroatoms. The Hall–Kier alpha value is -0.610. The number of carboxylic acid groups (broad SMARTS) is 1. The largest absolute Gasteiger partial charge is 0.481 e. The van der Waals surface area contributed by atoms with Gasteiger partial charge in [-0.25, -0.2) is 0 Å². The smallest absolute Gasteiger partial charge is 0.309 e. The Kier molecular flexibility index (Phi) is 4.11. The Morgan fingerprint density at radius 3 is 2.40 bits per heavy atom. The van der Waals surface area contributed by atoms with Gasteiger partial charge in [0.15, 0.2) is 6.29 Å². The highest BCUT2D eigenvalue weighted by Crippen LogP contribution is 2.31. The lowest BCUT2D eigenvalue weighted by molar-refractivity contribution is -0.151. The highest BCUT2D eigenvalue weighted by molar-refractivity contribution is 5.73. The van der Waals surface area contributed by atoms with E-state index in [0.29, 0.717) is 19.6 Å². The van der Waals surface area contributed by atoms with Crippen LogP contribution in [0.25, 0.3) is 0 Å². The van der Waals surface area contributed by atoms with E-state index in [1.807, 2.05) is 6.92 Å². The fraction of sp³-hybridized carbons (Fsp3) is 0.909. The van der Waals surface area contributed by atoms with Crippen molar-refractivity contribution in [2.24, 2.45) is 11.3 Å². The van der Waals surface area contributed by atoms with Crippen LogP contribution in [0.1, 0.15) is 33.6 Å². The van der Waals surface area contributed by atoms with E-state index in [2.05, 4.69) is 0 Å². The molecule has 1 aliphatic rings. The molecule has 4 nitrogen and oxygen atoms in total. The summed E-state index contributed by atoms with van der Waals surface area (Å²) in [6.07, 6.45) is 1.25. The Morgan fingerprint density at radius 2 is 2.00 bits per heavy atom. The summed E-state index contributed by atoms with van der Waals surface area (Å²) in [5.74, 6) is -0.599. The standard InChI is InChI=1S/C11H20O4/c1-4-8(9-14-5-6-15-9)7-11(2,3)10(12)13/h8-9H,4-7H2,1-3H3,(H,12,13). The average Bonchev–Trinajstić information content (AvgIpc) is 2.66. The van der Waals surface area contributed by atoms with E-state index in [1.54, 1.807) is 13.8 Å². The summed E-state index contributed by atoms with van der Waals surface area (Å²) >= 11 is 0. The quantitative estimate of drug-likeness (QED) is 0.762. The molecule has 1 heterocycles. The molecule has 1 aliphatic heterocycles. The maximum Gasteiger partial charge on any atom is 0.309 e. The zero-order valence-electron chi connectivity index (χ0n) is 9.66. The molecule has 1 fully saturated rings. The fourth-order valence-electron chi connectivity index (χ4n) is 1.82. The van der Waals surface area contributed by atoms with Crippen LogP contribution in [0.5, 0.6) is 0 Å². The number of aliphatic carboxylic acids is 1. The predicted octanol–water partition coefficient (Wildman–Crippen LogP) is 1.89. The van der Waals surface area contributed by atoms with Gasteiger partial charge < -0.3 is 14.6 Å². The van der Waals surface area contributed by atoms with Gasteiger partial charge in [-0.15, -0.1) is 0 Å². The number of ether oxygens (including phenoxy) is 2. The maximum atomic E-state index is 11.0. The van der Waals surface area contributed by atoms with E-state index in [-0.39, 0.29) is 12.2 Å². The summed E-state index contributed by atoms with van der Waals surface area (Å²) in [4.78, 5) is 11.0. The molecule has 1 N–H and O–H groups in total. The van der Waals surface area contributed by atoms with Gasteiger partial charge in [-0.2, -0.15) is 0 Å². The van der Waals surface area contributed by atoms with Crippen LogP contribution in [-0.4, -0.2) is 30.6 Å². The summed E-state index contributed by atoms with van der Waals surface area (Å²) in [6.45, 7) is 6.76. The van der Waals surface area contributed by atoms with E-state index >= 15 is 0 Å². The molecule has 0 radical (unpaired) electrons. The van der Waals surface area contributed by atoms with E-state index in [1.165, 1.54) is 0 Å². The minimum Gasteiger partial charge on any atom is -0.481 e. The van der Waals surface area contributed by atoms with Gasteiger partial charge in [-0.3, -0.25) is 4.79 Å². The summed E-state index contributed by atoms with van der Waals surface area (Å²) in [6, 6.07) is 0. The first-order chi connectivity index (χ1) is 6.97. The van der Waals surface area contributed by atoms with Gasteiger partial charge in [0.2, 0.25) is 0 Å². The second-order valence-corrected chi connectivity index (χ2v) is 4.67. The summed E-state index contributed by atoms with van der Waals surface area (Å²) in [5.41, 5.74) is -0.712. The number of rotatable bonds is 5. The van der Waals surface area contributed by atoms with Gasteiger partial charge in [0.25, 0.3) is 0 Å². The van der Waals surface area contributed by atoms with Gasteiger partial charge >= 0.3 is 5.97 Å². The Labute approximate surface area is 90.6 Å². The molecule has 0 aromatic heterocycles. The van der Waals surface area contributed by atoms with Crippen molar-refractivity contribution in [3.8, 4) is 0 Å². The van der Waals surface area contributed by atoms with E-state index < -0.39 is 11.4 Å². The van der Waals surface area contributed by atoms with Crippen molar-refractivity contribution >= 4 is 5.97 Å². The molecule has 1 unspecified atom stereocenters. The average molecular weight is 216 g/mol. The van der Waals surface area contributed by atoms with Crippen LogP contribution in [0.15, 0.2) is 0 Å². The van der Waals surface area contributed by atoms with Gasteiger partial charge in [0.05, 0.1) is 18.6 Å². The third-order valence-electron chi connectivity index (χ3n) is 2.91. The number of hydrogen-bond donors (Lipinski definition) is 1. The minimum atomic E-state index is -0.765. The minimum absolute atomic E-state index is 0.165. The topological polar surface area (TPSA) is 55.8 Å². The second kappa shape index (κ2) is 4.94. The fourth-order valence-corrected chi connectivity index (χ4v) is 1.82. The second-order valence-electron chi connectivity index (χ2n) is 4.67. The van der Waals surface area contributed by atoms with Gasteiger partial charge in [-0.1, -0.05) is 6.92 Å². The molecule has 15 heavy (non-hydrogen) atoms. The van der Waals surface area contributed by atoms with Crippen molar-refractivity contribution in [3.63, 3.8) is 0 Å². The van der Waals surface area contributed by atoms with Crippen LogP contribution < -0.4 is 0 Å². The molecule has 0 spiro atoms. The SMILES string of the molecule is CCC(CC(C)(C)C(=O)O)C1OCCO1. The summed E-state index contributed by atoms with van der Waals surface area (Å²) < 4.78 is 10.8. The van der Waals surface area contributed by atoms with Crippen molar-refractivity contribution in [1.82, 2.24) is 0 Å². The highest BCUT2D eigenvalue weighted by Gasteiger charge is 2.35. The van der Waals surface area contributed by atoms with E-state index in [9.17, 15) is 4.79 Å². The van der Waals surface area contributed by atoms with Crippen LogP contribution in [0.2, 0.25) is 0 Å². The molecule has 0 amide bonds.